The molecule has 2 N–H and O–H groups in total. The van der Waals surface area contributed by atoms with Crippen LogP contribution in [-0.2, 0) is 30.0 Å². The number of unbranched alkanes of at least 4 members (excludes halogenated alkanes) is 1. The first kappa shape index (κ1) is 36.7. The summed E-state index contributed by atoms with van der Waals surface area (Å²) < 4.78 is 69.9. The molecule has 272 valence electrons. The van der Waals surface area contributed by atoms with Crippen LogP contribution >= 0.6 is 11.6 Å². The fourth-order valence-electron chi connectivity index (χ4n) is 5.96. The highest BCUT2D eigenvalue weighted by atomic mass is 35.5. The summed E-state index contributed by atoms with van der Waals surface area (Å²) in [6, 6.07) is 15.1. The summed E-state index contributed by atoms with van der Waals surface area (Å²) in [6.45, 7) is 2.36. The first-order valence-corrected chi connectivity index (χ1v) is 18.5. The Bertz CT molecular complexity index is 2440. The van der Waals surface area contributed by atoms with Crippen molar-refractivity contribution in [3.63, 3.8) is 0 Å². The summed E-state index contributed by atoms with van der Waals surface area (Å²) in [6.07, 6.45) is 2.67. The summed E-state index contributed by atoms with van der Waals surface area (Å²) in [5.74, 6) is -0.653. The maximum Gasteiger partial charge on any atom is 0.267 e. The van der Waals surface area contributed by atoms with E-state index in [4.69, 9.17) is 31.8 Å². The number of nitrogens with two attached hydrogens (primary N) is 1. The molecule has 1 atom stereocenters. The van der Waals surface area contributed by atoms with Crippen molar-refractivity contribution in [1.29, 1.82) is 0 Å². The van der Waals surface area contributed by atoms with Gasteiger partial charge in [-0.05, 0) is 66.4 Å². The second kappa shape index (κ2) is 14.9. The van der Waals surface area contributed by atoms with Crippen LogP contribution in [0.4, 0.5) is 14.6 Å². The van der Waals surface area contributed by atoms with Crippen LogP contribution in [0.1, 0.15) is 42.8 Å². The van der Waals surface area contributed by atoms with Crippen LogP contribution in [0.5, 0.6) is 11.6 Å². The van der Waals surface area contributed by atoms with Crippen molar-refractivity contribution in [2.24, 2.45) is 12.8 Å². The maximum atomic E-state index is 14.5. The number of fused-ring (bicyclic) bond motifs is 2. The van der Waals surface area contributed by atoms with Gasteiger partial charge >= 0.3 is 0 Å². The van der Waals surface area contributed by atoms with Crippen molar-refractivity contribution < 1.29 is 26.7 Å². The van der Waals surface area contributed by atoms with E-state index in [9.17, 15) is 22.0 Å². The zero-order chi connectivity index (χ0) is 37.3. The molecule has 0 aliphatic heterocycles. The number of halogens is 3. The van der Waals surface area contributed by atoms with Crippen molar-refractivity contribution in [2.45, 2.75) is 38.8 Å². The van der Waals surface area contributed by atoms with Gasteiger partial charge in [-0.1, -0.05) is 37.1 Å². The van der Waals surface area contributed by atoms with Crippen LogP contribution in [0, 0.1) is 11.6 Å². The summed E-state index contributed by atoms with van der Waals surface area (Å²) in [7, 11) is -0.807. The quantitative estimate of drug-likeness (QED) is 0.141. The molecule has 0 fully saturated rings. The Morgan fingerprint density at radius 2 is 1.71 bits per heavy atom. The molecule has 6 aromatic rings. The molecule has 3 heterocycles. The van der Waals surface area contributed by atoms with Crippen LogP contribution in [0.15, 0.2) is 71.5 Å². The fraction of sp³-hybridized carbons (Fsp3) is 0.278. The maximum absolute atomic E-state index is 14.5. The molecular weight excluding hydrogens is 716 g/mol. The average molecular weight is 752 g/mol. The zero-order valence-corrected chi connectivity index (χ0v) is 30.4. The minimum atomic E-state index is -3.93. The number of aromatic nitrogens is 5. The second-order valence-corrected chi connectivity index (χ2v) is 14.6. The Labute approximate surface area is 303 Å². The van der Waals surface area contributed by atoms with Crippen LogP contribution in [-0.4, -0.2) is 52.7 Å². The van der Waals surface area contributed by atoms with Gasteiger partial charge in [-0.25, -0.2) is 26.5 Å². The normalized spacial score (nSPS) is 12.4. The SMILES string of the molecule is CCCCOc1ccc2c(=O)n(-c3ccc(Cl)c4c(N(Cc5ccc(OC)cc5)S(C)(=O)=O)nn(C)c34)c([C@@H](N)Cc3cc(F)cc(F)c3)nc2n1. The van der Waals surface area contributed by atoms with Gasteiger partial charge in [-0.15, -0.1) is 0 Å². The van der Waals surface area contributed by atoms with E-state index in [1.165, 1.54) is 22.4 Å². The topological polar surface area (TPSA) is 147 Å². The Hall–Kier alpha value is -5.12. The predicted molar refractivity (Wildman–Crippen MR) is 196 cm³/mol. The van der Waals surface area contributed by atoms with Crippen molar-refractivity contribution >= 4 is 49.4 Å². The third kappa shape index (κ3) is 7.43. The van der Waals surface area contributed by atoms with Crippen LogP contribution in [0.2, 0.25) is 5.02 Å². The number of benzene rings is 3. The molecule has 0 amide bonds. The van der Waals surface area contributed by atoms with E-state index in [0.717, 1.165) is 41.6 Å². The van der Waals surface area contributed by atoms with Gasteiger partial charge in [0.25, 0.3) is 5.56 Å². The molecule has 52 heavy (non-hydrogen) atoms. The highest BCUT2D eigenvalue weighted by molar-refractivity contribution is 7.92. The molecule has 0 radical (unpaired) electrons. The van der Waals surface area contributed by atoms with Crippen molar-refractivity contribution in [2.75, 3.05) is 24.3 Å². The van der Waals surface area contributed by atoms with E-state index < -0.39 is 33.3 Å². The van der Waals surface area contributed by atoms with Gasteiger partial charge in [0.2, 0.25) is 15.9 Å². The highest BCUT2D eigenvalue weighted by Crippen LogP contribution is 2.38. The number of anilines is 1. The molecule has 0 bridgehead atoms. The molecule has 12 nitrogen and oxygen atoms in total. The van der Waals surface area contributed by atoms with E-state index in [1.54, 1.807) is 49.5 Å². The van der Waals surface area contributed by atoms with Gasteiger partial charge in [0, 0.05) is 19.2 Å². The molecular formula is C36H36ClF2N7O5S. The molecule has 0 unspecified atom stereocenters. The van der Waals surface area contributed by atoms with Crippen LogP contribution in [0.25, 0.3) is 27.6 Å². The van der Waals surface area contributed by atoms with E-state index in [1.807, 2.05) is 6.92 Å². The first-order chi connectivity index (χ1) is 24.8. The van der Waals surface area contributed by atoms with Gasteiger partial charge in [0.05, 0.1) is 59.6 Å². The molecule has 0 saturated carbocycles. The Morgan fingerprint density at radius 3 is 2.37 bits per heavy atom. The fourth-order valence-corrected chi connectivity index (χ4v) is 7.02. The smallest absolute Gasteiger partial charge is 0.267 e. The standard InChI is InChI=1S/C36H36ClF2N7O5S/c1-5-6-15-51-30-14-11-26-33(41-30)42-34(28(40)18-22-16-23(38)19-24(39)17-22)46(36(26)47)29-13-12-27(37)31-32(29)44(2)43-35(31)45(52(4,48)49)20-21-7-9-25(50-3)10-8-21/h7-14,16-17,19,28H,5-6,15,18,20,40H2,1-4H3/t28-/m0/s1. The summed E-state index contributed by atoms with van der Waals surface area (Å²) in [5, 5.41) is 5.16. The van der Waals surface area contributed by atoms with E-state index in [-0.39, 0.29) is 63.2 Å². The Morgan fingerprint density at radius 1 is 1.00 bits per heavy atom. The molecule has 0 aliphatic carbocycles. The largest absolute Gasteiger partial charge is 0.497 e. The number of pyridine rings is 1. The first-order valence-electron chi connectivity index (χ1n) is 16.3. The molecule has 3 aromatic carbocycles. The molecule has 16 heteroatoms. The Balaban J connectivity index is 1.57. The number of hydrogen-bond donors (Lipinski definition) is 1. The molecule has 0 saturated heterocycles. The number of methoxy groups -OCH3 is 1. The predicted octanol–water partition coefficient (Wildman–Crippen LogP) is 6.00. The number of sulfonamides is 1. The zero-order valence-electron chi connectivity index (χ0n) is 28.8. The van der Waals surface area contributed by atoms with E-state index in [2.05, 4.69) is 10.1 Å². The van der Waals surface area contributed by atoms with Gasteiger partial charge in [-0.2, -0.15) is 10.1 Å². The highest BCUT2D eigenvalue weighted by Gasteiger charge is 2.29. The monoisotopic (exact) mass is 751 g/mol. The number of nitrogens with zero attached hydrogens (tertiary/aromatic N) is 6. The van der Waals surface area contributed by atoms with E-state index in [0.29, 0.717) is 23.4 Å². The van der Waals surface area contributed by atoms with Crippen molar-refractivity contribution in [3.8, 4) is 17.3 Å². The third-order valence-corrected chi connectivity index (χ3v) is 9.87. The number of rotatable bonds is 13. The van der Waals surface area contributed by atoms with Crippen molar-refractivity contribution in [3.05, 3.63) is 111 Å². The lowest BCUT2D eigenvalue weighted by Crippen LogP contribution is -2.30. The number of ether oxygens (including phenoxy) is 2. The average Bonchev–Trinajstić information content (AvgIpc) is 3.44. The minimum Gasteiger partial charge on any atom is -0.497 e. The molecule has 6 rings (SSSR count). The third-order valence-electron chi connectivity index (χ3n) is 8.45. The summed E-state index contributed by atoms with van der Waals surface area (Å²) in [4.78, 5) is 23.7. The second-order valence-electron chi connectivity index (χ2n) is 12.3. The van der Waals surface area contributed by atoms with Crippen LogP contribution < -0.4 is 25.1 Å². The van der Waals surface area contributed by atoms with Crippen molar-refractivity contribution in [1.82, 2.24) is 24.3 Å². The van der Waals surface area contributed by atoms with Gasteiger partial charge in [0.15, 0.2) is 11.5 Å². The minimum absolute atomic E-state index is 0.0185. The van der Waals surface area contributed by atoms with Gasteiger partial charge < -0.3 is 15.2 Å². The molecule has 0 spiro atoms. The van der Waals surface area contributed by atoms with Gasteiger partial charge in [0.1, 0.15) is 23.2 Å². The molecule has 0 aliphatic rings. The van der Waals surface area contributed by atoms with Gasteiger partial charge in [-0.3, -0.25) is 14.0 Å². The lowest BCUT2D eigenvalue weighted by molar-refractivity contribution is 0.298. The van der Waals surface area contributed by atoms with Crippen LogP contribution in [0.3, 0.4) is 0 Å². The summed E-state index contributed by atoms with van der Waals surface area (Å²) >= 11 is 6.80. The number of aryl methyl sites for hydroxylation is 1. The number of hydrogen-bond acceptors (Lipinski definition) is 9. The lowest BCUT2D eigenvalue weighted by atomic mass is 10.0. The Kier molecular flexibility index (Phi) is 10.5. The summed E-state index contributed by atoms with van der Waals surface area (Å²) in [5.41, 5.74) is 7.64. The van der Waals surface area contributed by atoms with E-state index >= 15 is 0 Å². The molecule has 3 aromatic heterocycles. The lowest BCUT2D eigenvalue weighted by Gasteiger charge is -2.21.